The predicted molar refractivity (Wildman–Crippen MR) is 63.1 cm³/mol. The van der Waals surface area contributed by atoms with Crippen molar-refractivity contribution in [3.63, 3.8) is 0 Å². The van der Waals surface area contributed by atoms with E-state index in [0.717, 1.165) is 18.4 Å². The molecule has 0 aromatic rings. The van der Waals surface area contributed by atoms with Gasteiger partial charge in [0.15, 0.2) is 0 Å². The molecule has 0 aliphatic rings. The van der Waals surface area contributed by atoms with E-state index in [9.17, 15) is 0 Å². The highest BCUT2D eigenvalue weighted by Gasteiger charge is 2.01. The van der Waals surface area contributed by atoms with Gasteiger partial charge in [0, 0.05) is 5.88 Å². The Hall–Kier alpha value is 0.930. The lowest BCUT2D eigenvalue weighted by Crippen LogP contribution is -1.85. The van der Waals surface area contributed by atoms with E-state index in [1.54, 1.807) is 6.08 Å². The molecular formula is C8H9Cl5. The maximum Gasteiger partial charge on any atom is 0.106 e. The van der Waals surface area contributed by atoms with E-state index < -0.39 is 0 Å². The van der Waals surface area contributed by atoms with Crippen molar-refractivity contribution in [2.45, 2.75) is 19.3 Å². The summed E-state index contributed by atoms with van der Waals surface area (Å²) in [4.78, 5) is 0. The molecule has 0 heterocycles. The molecular weight excluding hydrogens is 273 g/mol. The zero-order chi connectivity index (χ0) is 10.3. The Kier molecular flexibility index (Phi) is 8.85. The third-order valence-corrected chi connectivity index (χ3v) is 2.49. The van der Waals surface area contributed by atoms with E-state index in [4.69, 9.17) is 58.0 Å². The van der Waals surface area contributed by atoms with E-state index in [0.29, 0.717) is 12.3 Å². The van der Waals surface area contributed by atoms with E-state index >= 15 is 0 Å². The van der Waals surface area contributed by atoms with Gasteiger partial charge in [0.05, 0.1) is 0 Å². The lowest BCUT2D eigenvalue weighted by atomic mass is 10.1. The van der Waals surface area contributed by atoms with E-state index in [-0.39, 0.29) is 8.98 Å². The van der Waals surface area contributed by atoms with Gasteiger partial charge < -0.3 is 0 Å². The highest BCUT2D eigenvalue weighted by Crippen LogP contribution is 2.24. The highest BCUT2D eigenvalue weighted by molar-refractivity contribution is 6.56. The molecule has 0 atom stereocenters. The lowest BCUT2D eigenvalue weighted by molar-refractivity contribution is 0.886. The van der Waals surface area contributed by atoms with Crippen molar-refractivity contribution >= 4 is 58.0 Å². The zero-order valence-corrected chi connectivity index (χ0v) is 10.6. The largest absolute Gasteiger partial charge is 0.127 e. The highest BCUT2D eigenvalue weighted by atomic mass is 35.5. The summed E-state index contributed by atoms with van der Waals surface area (Å²) in [6.07, 6.45) is 3.83. The van der Waals surface area contributed by atoms with Crippen LogP contribution < -0.4 is 0 Å². The monoisotopic (exact) mass is 280 g/mol. The van der Waals surface area contributed by atoms with Crippen LogP contribution in [-0.2, 0) is 0 Å². The Morgan fingerprint density at radius 3 is 2.08 bits per heavy atom. The SMILES string of the molecule is ClCCCC(CC=C(Cl)Cl)=C(Cl)Cl. The van der Waals surface area contributed by atoms with Crippen LogP contribution in [0.3, 0.4) is 0 Å². The Bertz CT molecular complexity index is 199. The first kappa shape index (κ1) is 13.9. The van der Waals surface area contributed by atoms with Crippen LogP contribution in [0, 0.1) is 0 Å². The Morgan fingerprint density at radius 2 is 1.69 bits per heavy atom. The second-order valence-corrected chi connectivity index (χ2v) is 4.69. The molecule has 0 saturated heterocycles. The second-order valence-electron chi connectivity index (χ2n) is 2.35. The minimum absolute atomic E-state index is 0.220. The summed E-state index contributed by atoms with van der Waals surface area (Å²) in [6.45, 7) is 0. The van der Waals surface area contributed by atoms with Gasteiger partial charge in [0.1, 0.15) is 8.98 Å². The minimum atomic E-state index is 0.220. The Labute approximate surface area is 103 Å². The summed E-state index contributed by atoms with van der Waals surface area (Å²) in [5.74, 6) is 0.586. The van der Waals surface area contributed by atoms with Gasteiger partial charge in [0.2, 0.25) is 0 Å². The lowest BCUT2D eigenvalue weighted by Gasteiger charge is -2.02. The van der Waals surface area contributed by atoms with Crippen molar-refractivity contribution in [2.75, 3.05) is 5.88 Å². The molecule has 0 radical (unpaired) electrons. The molecule has 5 heteroatoms. The standard InChI is InChI=1S/C8H9Cl5/c9-5-1-2-6(8(12)13)3-4-7(10)11/h4H,1-3,5H2. The van der Waals surface area contributed by atoms with Gasteiger partial charge in [-0.15, -0.1) is 11.6 Å². The molecule has 0 saturated carbocycles. The number of hydrogen-bond acceptors (Lipinski definition) is 0. The van der Waals surface area contributed by atoms with E-state index in [1.807, 2.05) is 0 Å². The van der Waals surface area contributed by atoms with Crippen LogP contribution in [0.1, 0.15) is 19.3 Å². The molecule has 0 N–H and O–H groups in total. The summed E-state index contributed by atoms with van der Waals surface area (Å²) >= 11 is 27.7. The summed E-state index contributed by atoms with van der Waals surface area (Å²) in [6, 6.07) is 0. The van der Waals surface area contributed by atoms with Gasteiger partial charge in [-0.2, -0.15) is 0 Å². The first-order valence-electron chi connectivity index (χ1n) is 3.68. The van der Waals surface area contributed by atoms with Crippen LogP contribution >= 0.6 is 58.0 Å². The average Bonchev–Trinajstić information content (AvgIpc) is 2.03. The first-order valence-corrected chi connectivity index (χ1v) is 5.72. The van der Waals surface area contributed by atoms with Crippen molar-refractivity contribution in [1.82, 2.24) is 0 Å². The molecule has 0 unspecified atom stereocenters. The molecule has 0 fully saturated rings. The number of alkyl halides is 1. The average molecular weight is 282 g/mol. The van der Waals surface area contributed by atoms with Crippen LogP contribution in [0.15, 0.2) is 20.6 Å². The van der Waals surface area contributed by atoms with Crippen LogP contribution in [0.25, 0.3) is 0 Å². The smallest absolute Gasteiger partial charge is 0.106 e. The second kappa shape index (κ2) is 8.26. The van der Waals surface area contributed by atoms with Gasteiger partial charge in [0.25, 0.3) is 0 Å². The molecule has 0 rings (SSSR count). The van der Waals surface area contributed by atoms with Crippen LogP contribution in [-0.4, -0.2) is 5.88 Å². The summed E-state index contributed by atoms with van der Waals surface area (Å²) in [7, 11) is 0. The fourth-order valence-electron chi connectivity index (χ4n) is 0.754. The van der Waals surface area contributed by atoms with Gasteiger partial charge in [-0.05, 0) is 24.8 Å². The minimum Gasteiger partial charge on any atom is -0.127 e. The molecule has 0 aliphatic carbocycles. The van der Waals surface area contributed by atoms with Crippen LogP contribution in [0.2, 0.25) is 0 Å². The number of hydrogen-bond donors (Lipinski definition) is 0. The number of rotatable bonds is 5. The predicted octanol–water partition coefficient (Wildman–Crippen LogP) is 5.40. The zero-order valence-electron chi connectivity index (χ0n) is 6.80. The molecule has 0 nitrogen and oxygen atoms in total. The van der Waals surface area contributed by atoms with Crippen molar-refractivity contribution in [1.29, 1.82) is 0 Å². The molecule has 0 amide bonds. The molecule has 0 bridgehead atoms. The van der Waals surface area contributed by atoms with Gasteiger partial charge >= 0.3 is 0 Å². The van der Waals surface area contributed by atoms with E-state index in [2.05, 4.69) is 0 Å². The van der Waals surface area contributed by atoms with Gasteiger partial charge in [-0.3, -0.25) is 0 Å². The molecule has 0 aromatic carbocycles. The van der Waals surface area contributed by atoms with Gasteiger partial charge in [-0.1, -0.05) is 52.5 Å². The normalized spacial score (nSPS) is 9.62. The maximum absolute atomic E-state index is 5.65. The fraction of sp³-hybridized carbons (Fsp3) is 0.500. The third-order valence-electron chi connectivity index (χ3n) is 1.38. The van der Waals surface area contributed by atoms with Crippen molar-refractivity contribution in [3.8, 4) is 0 Å². The van der Waals surface area contributed by atoms with Crippen molar-refractivity contribution in [3.05, 3.63) is 20.6 Å². The fourth-order valence-corrected chi connectivity index (χ4v) is 1.39. The summed E-state index contributed by atoms with van der Waals surface area (Å²) < 4.78 is 0.494. The number of allylic oxidation sites excluding steroid dienone is 2. The van der Waals surface area contributed by atoms with Crippen molar-refractivity contribution < 1.29 is 0 Å². The number of halogens is 5. The molecule has 0 aromatic heterocycles. The Morgan fingerprint density at radius 1 is 1.08 bits per heavy atom. The summed E-state index contributed by atoms with van der Waals surface area (Å²) in [5, 5.41) is 0. The first-order chi connectivity index (χ1) is 6.07. The molecule has 13 heavy (non-hydrogen) atoms. The molecule has 0 spiro atoms. The van der Waals surface area contributed by atoms with Crippen LogP contribution in [0.5, 0.6) is 0 Å². The van der Waals surface area contributed by atoms with Gasteiger partial charge in [-0.25, -0.2) is 0 Å². The molecule has 76 valence electrons. The maximum atomic E-state index is 5.65. The van der Waals surface area contributed by atoms with E-state index in [1.165, 1.54) is 0 Å². The van der Waals surface area contributed by atoms with Crippen LogP contribution in [0.4, 0.5) is 0 Å². The summed E-state index contributed by atoms with van der Waals surface area (Å²) in [5.41, 5.74) is 0.905. The Balaban J connectivity index is 4.13. The topological polar surface area (TPSA) is 0 Å². The third kappa shape index (κ3) is 7.96. The van der Waals surface area contributed by atoms with Crippen molar-refractivity contribution in [2.24, 2.45) is 0 Å². The quantitative estimate of drug-likeness (QED) is 0.592. The molecule has 0 aliphatic heterocycles.